The largest absolute Gasteiger partial charge is 0.352 e. The van der Waals surface area contributed by atoms with Crippen molar-refractivity contribution in [3.63, 3.8) is 0 Å². The Bertz CT molecular complexity index is 656. The number of anilines is 1. The summed E-state index contributed by atoms with van der Waals surface area (Å²) in [6.07, 6.45) is 1.47. The van der Waals surface area contributed by atoms with Gasteiger partial charge in [0.15, 0.2) is 0 Å². The molecule has 2 aliphatic heterocycles. The second kappa shape index (κ2) is 6.02. The molecule has 1 atom stereocenters. The molecule has 0 aliphatic carbocycles. The fraction of sp³-hybridized carbons (Fsp3) is 0.471. The van der Waals surface area contributed by atoms with Crippen LogP contribution in [0.2, 0.25) is 0 Å². The quantitative estimate of drug-likeness (QED) is 0.910. The Kier molecular flexibility index (Phi) is 4.07. The number of fused-ring (bicyclic) bond motifs is 2. The highest BCUT2D eigenvalue weighted by Crippen LogP contribution is 2.32. The van der Waals surface area contributed by atoms with Gasteiger partial charge in [-0.2, -0.15) is 0 Å². The number of hydrogen-bond acceptors (Lipinski definition) is 3. The first-order valence-electron chi connectivity index (χ1n) is 8.00. The zero-order chi connectivity index (χ0) is 16.6. The predicted molar refractivity (Wildman–Crippen MR) is 86.1 cm³/mol. The summed E-state index contributed by atoms with van der Waals surface area (Å²) in [4.78, 5) is 40.9. The number of para-hydroxylation sites is 1. The van der Waals surface area contributed by atoms with E-state index in [-0.39, 0.29) is 30.3 Å². The van der Waals surface area contributed by atoms with Gasteiger partial charge in [0.2, 0.25) is 11.8 Å². The summed E-state index contributed by atoms with van der Waals surface area (Å²) in [5, 5.41) is 2.80. The minimum absolute atomic E-state index is 0.00411. The van der Waals surface area contributed by atoms with Crippen LogP contribution < -0.4 is 10.2 Å². The second-order valence-electron chi connectivity index (χ2n) is 6.32. The summed E-state index contributed by atoms with van der Waals surface area (Å²) in [5.74, 6) is -0.509. The van der Waals surface area contributed by atoms with Gasteiger partial charge in [-0.1, -0.05) is 12.1 Å². The Morgan fingerprint density at radius 2 is 2.04 bits per heavy atom. The first-order chi connectivity index (χ1) is 11.0. The molecule has 1 fully saturated rings. The van der Waals surface area contributed by atoms with Crippen molar-refractivity contribution in [1.29, 1.82) is 0 Å². The highest BCUT2D eigenvalue weighted by atomic mass is 16.2. The third-order valence-corrected chi connectivity index (χ3v) is 4.24. The van der Waals surface area contributed by atoms with Crippen molar-refractivity contribution in [3.8, 4) is 0 Å². The van der Waals surface area contributed by atoms with E-state index >= 15 is 0 Å². The molecular weight excluding hydrogens is 294 g/mol. The van der Waals surface area contributed by atoms with Gasteiger partial charge in [-0.05, 0) is 38.8 Å². The highest BCUT2D eigenvalue weighted by Gasteiger charge is 2.42. The van der Waals surface area contributed by atoms with E-state index in [4.69, 9.17) is 0 Å². The van der Waals surface area contributed by atoms with Crippen LogP contribution in [0.25, 0.3) is 0 Å². The van der Waals surface area contributed by atoms with Crippen molar-refractivity contribution >= 4 is 23.4 Å². The van der Waals surface area contributed by atoms with Gasteiger partial charge in [0.05, 0.1) is 11.3 Å². The van der Waals surface area contributed by atoms with Gasteiger partial charge in [0.1, 0.15) is 12.6 Å². The smallest absolute Gasteiger partial charge is 0.256 e. The van der Waals surface area contributed by atoms with Crippen LogP contribution in [0.15, 0.2) is 24.3 Å². The lowest BCUT2D eigenvalue weighted by Gasteiger charge is -2.25. The molecule has 23 heavy (non-hydrogen) atoms. The van der Waals surface area contributed by atoms with E-state index in [0.29, 0.717) is 24.2 Å². The van der Waals surface area contributed by atoms with Crippen molar-refractivity contribution in [3.05, 3.63) is 29.8 Å². The van der Waals surface area contributed by atoms with Gasteiger partial charge < -0.3 is 15.1 Å². The van der Waals surface area contributed by atoms with E-state index in [2.05, 4.69) is 5.32 Å². The normalized spacial score (nSPS) is 20.4. The van der Waals surface area contributed by atoms with Gasteiger partial charge >= 0.3 is 0 Å². The predicted octanol–water partition coefficient (Wildman–Crippen LogP) is 1.16. The maximum absolute atomic E-state index is 12.9. The highest BCUT2D eigenvalue weighted by molar-refractivity contribution is 6.12. The van der Waals surface area contributed by atoms with Crippen LogP contribution in [0.1, 0.15) is 37.0 Å². The average Bonchev–Trinajstić information content (AvgIpc) is 2.97. The van der Waals surface area contributed by atoms with Crippen LogP contribution in [0, 0.1) is 0 Å². The van der Waals surface area contributed by atoms with E-state index in [1.165, 1.54) is 4.90 Å². The standard InChI is InChI=1S/C17H21N3O3/c1-11(2)18-15(21)10-20-13-7-4-3-6-12(13)16(22)19-9-5-8-14(19)17(20)23/h3-4,6-7,11,14H,5,8-10H2,1-2H3,(H,18,21). The fourth-order valence-corrected chi connectivity index (χ4v) is 3.28. The molecule has 0 radical (unpaired) electrons. The molecule has 6 nitrogen and oxygen atoms in total. The molecule has 3 rings (SSSR count). The number of benzene rings is 1. The Morgan fingerprint density at radius 3 is 2.78 bits per heavy atom. The molecule has 6 heteroatoms. The molecule has 0 saturated carbocycles. The topological polar surface area (TPSA) is 69.7 Å². The summed E-state index contributed by atoms with van der Waals surface area (Å²) >= 11 is 0. The molecule has 0 aromatic heterocycles. The molecule has 2 aliphatic rings. The van der Waals surface area contributed by atoms with Crippen LogP contribution in [-0.2, 0) is 9.59 Å². The number of nitrogens with zero attached hydrogens (tertiary/aromatic N) is 2. The minimum atomic E-state index is -0.457. The molecule has 0 spiro atoms. The number of nitrogens with one attached hydrogen (secondary N) is 1. The van der Waals surface area contributed by atoms with Crippen LogP contribution in [0.3, 0.4) is 0 Å². The summed E-state index contributed by atoms with van der Waals surface area (Å²) in [6.45, 7) is 4.28. The van der Waals surface area contributed by atoms with Gasteiger partial charge in [-0.15, -0.1) is 0 Å². The molecule has 3 amide bonds. The Balaban J connectivity index is 1.99. The SMILES string of the molecule is CC(C)NC(=O)CN1C(=O)C2CCCN2C(=O)c2ccccc21. The van der Waals surface area contributed by atoms with Crippen LogP contribution in [-0.4, -0.2) is 47.8 Å². The van der Waals surface area contributed by atoms with E-state index in [1.807, 2.05) is 13.8 Å². The number of carbonyl (C=O) groups is 3. The molecule has 0 bridgehead atoms. The van der Waals surface area contributed by atoms with Crippen molar-refractivity contribution in [2.45, 2.75) is 38.8 Å². The monoisotopic (exact) mass is 315 g/mol. The molecule has 1 unspecified atom stereocenters. The average molecular weight is 315 g/mol. The van der Waals surface area contributed by atoms with Crippen molar-refractivity contribution < 1.29 is 14.4 Å². The Morgan fingerprint density at radius 1 is 1.30 bits per heavy atom. The zero-order valence-electron chi connectivity index (χ0n) is 13.4. The fourth-order valence-electron chi connectivity index (χ4n) is 3.28. The first-order valence-corrected chi connectivity index (χ1v) is 8.00. The van der Waals surface area contributed by atoms with E-state index in [9.17, 15) is 14.4 Å². The van der Waals surface area contributed by atoms with E-state index in [1.54, 1.807) is 29.2 Å². The molecular formula is C17H21N3O3. The van der Waals surface area contributed by atoms with Crippen LogP contribution in [0.4, 0.5) is 5.69 Å². The molecule has 1 N–H and O–H groups in total. The van der Waals surface area contributed by atoms with Crippen molar-refractivity contribution in [2.24, 2.45) is 0 Å². The lowest BCUT2D eigenvalue weighted by atomic mass is 10.1. The Hall–Kier alpha value is -2.37. The molecule has 1 aromatic rings. The zero-order valence-corrected chi connectivity index (χ0v) is 13.4. The number of amides is 3. The van der Waals surface area contributed by atoms with Crippen molar-refractivity contribution in [1.82, 2.24) is 10.2 Å². The maximum Gasteiger partial charge on any atom is 0.256 e. The van der Waals surface area contributed by atoms with E-state index in [0.717, 1.165) is 6.42 Å². The van der Waals surface area contributed by atoms with Crippen LogP contribution in [0.5, 0.6) is 0 Å². The third kappa shape index (κ3) is 2.81. The van der Waals surface area contributed by atoms with Gasteiger partial charge in [0.25, 0.3) is 5.91 Å². The number of carbonyl (C=O) groups excluding carboxylic acids is 3. The van der Waals surface area contributed by atoms with Crippen LogP contribution >= 0.6 is 0 Å². The maximum atomic E-state index is 12.9. The van der Waals surface area contributed by atoms with Gasteiger partial charge in [-0.3, -0.25) is 14.4 Å². The van der Waals surface area contributed by atoms with Gasteiger partial charge in [0, 0.05) is 12.6 Å². The number of rotatable bonds is 3. The second-order valence-corrected chi connectivity index (χ2v) is 6.32. The summed E-state index contributed by atoms with van der Waals surface area (Å²) in [7, 11) is 0. The lowest BCUT2D eigenvalue weighted by Crippen LogP contribution is -2.48. The molecule has 1 aromatic carbocycles. The minimum Gasteiger partial charge on any atom is -0.352 e. The number of hydrogen-bond donors (Lipinski definition) is 1. The van der Waals surface area contributed by atoms with Gasteiger partial charge in [-0.25, -0.2) is 0 Å². The molecule has 122 valence electrons. The molecule has 1 saturated heterocycles. The van der Waals surface area contributed by atoms with Crippen molar-refractivity contribution in [2.75, 3.05) is 18.0 Å². The third-order valence-electron chi connectivity index (χ3n) is 4.24. The summed E-state index contributed by atoms with van der Waals surface area (Å²) in [5.41, 5.74) is 1.01. The van der Waals surface area contributed by atoms with E-state index < -0.39 is 6.04 Å². The summed E-state index contributed by atoms with van der Waals surface area (Å²) < 4.78 is 0. The summed E-state index contributed by atoms with van der Waals surface area (Å²) in [6, 6.07) is 6.56. The lowest BCUT2D eigenvalue weighted by molar-refractivity contribution is -0.125. The molecule has 2 heterocycles. The first kappa shape index (κ1) is 15.5. The Labute approximate surface area is 135 Å².